The molecule has 8 nitrogen and oxygen atoms in total. The number of nitrogens with zero attached hydrogens (tertiary/aromatic N) is 2. The zero-order valence-electron chi connectivity index (χ0n) is 14.7. The maximum Gasteiger partial charge on any atom is 0.323 e. The summed E-state index contributed by atoms with van der Waals surface area (Å²) < 4.78 is 32.1. The number of carbonyl (C=O) groups excluding carboxylic acids is 1. The lowest BCUT2D eigenvalue weighted by Gasteiger charge is -2.26. The van der Waals surface area contributed by atoms with Crippen molar-refractivity contribution in [2.75, 3.05) is 36.9 Å². The zero-order chi connectivity index (χ0) is 20.1. The van der Waals surface area contributed by atoms with Crippen molar-refractivity contribution < 1.29 is 17.9 Å². The molecule has 1 fully saturated rings. The van der Waals surface area contributed by atoms with Crippen LogP contribution < -0.4 is 10.6 Å². The third-order valence-electron chi connectivity index (χ3n) is 4.09. The summed E-state index contributed by atoms with van der Waals surface area (Å²) in [5.74, 6) is 0. The van der Waals surface area contributed by atoms with Gasteiger partial charge in [0.1, 0.15) is 6.07 Å². The van der Waals surface area contributed by atoms with Crippen molar-refractivity contribution in [1.82, 2.24) is 4.31 Å². The van der Waals surface area contributed by atoms with Crippen LogP contribution in [0.5, 0.6) is 0 Å². The van der Waals surface area contributed by atoms with Gasteiger partial charge in [0, 0.05) is 13.1 Å². The maximum absolute atomic E-state index is 12.8. The largest absolute Gasteiger partial charge is 0.379 e. The number of halogens is 1. The van der Waals surface area contributed by atoms with Crippen molar-refractivity contribution in [2.24, 2.45) is 0 Å². The van der Waals surface area contributed by atoms with Gasteiger partial charge in [0.05, 0.1) is 40.1 Å². The number of nitrogens with one attached hydrogen (secondary N) is 2. The molecule has 0 aromatic heterocycles. The Kier molecular flexibility index (Phi) is 6.16. The van der Waals surface area contributed by atoms with Crippen molar-refractivity contribution in [3.8, 4) is 6.07 Å². The molecule has 10 heteroatoms. The Balaban J connectivity index is 1.80. The minimum Gasteiger partial charge on any atom is -0.379 e. The first kappa shape index (κ1) is 20.1. The van der Waals surface area contributed by atoms with Crippen LogP contribution >= 0.6 is 11.6 Å². The third kappa shape index (κ3) is 4.43. The first-order valence-electron chi connectivity index (χ1n) is 8.36. The van der Waals surface area contributed by atoms with Crippen LogP contribution in [0.15, 0.2) is 47.4 Å². The van der Waals surface area contributed by atoms with Gasteiger partial charge in [-0.2, -0.15) is 9.57 Å². The van der Waals surface area contributed by atoms with E-state index in [1.165, 1.54) is 22.5 Å². The predicted octanol–water partition coefficient (Wildman–Crippen LogP) is 2.88. The number of benzene rings is 2. The summed E-state index contributed by atoms with van der Waals surface area (Å²) in [7, 11) is -3.73. The molecule has 28 heavy (non-hydrogen) atoms. The van der Waals surface area contributed by atoms with E-state index < -0.39 is 16.1 Å². The smallest absolute Gasteiger partial charge is 0.323 e. The van der Waals surface area contributed by atoms with Crippen LogP contribution in [0.4, 0.5) is 16.2 Å². The molecular formula is C18H17ClN4O4S. The summed E-state index contributed by atoms with van der Waals surface area (Å²) in [6.07, 6.45) is 0. The van der Waals surface area contributed by atoms with E-state index in [1.807, 2.05) is 6.07 Å². The van der Waals surface area contributed by atoms with Crippen LogP contribution in [-0.4, -0.2) is 45.1 Å². The molecule has 1 aliphatic rings. The summed E-state index contributed by atoms with van der Waals surface area (Å²) in [6, 6.07) is 11.9. The highest BCUT2D eigenvalue weighted by atomic mass is 35.5. The van der Waals surface area contributed by atoms with E-state index in [1.54, 1.807) is 24.3 Å². The van der Waals surface area contributed by atoms with Crippen LogP contribution in [0.2, 0.25) is 5.02 Å². The van der Waals surface area contributed by atoms with E-state index in [2.05, 4.69) is 10.6 Å². The Labute approximate surface area is 167 Å². The van der Waals surface area contributed by atoms with Gasteiger partial charge in [0.15, 0.2) is 0 Å². The lowest BCUT2D eigenvalue weighted by molar-refractivity contribution is 0.0730. The molecule has 146 valence electrons. The molecule has 2 aromatic rings. The molecule has 3 rings (SSSR count). The number of para-hydroxylation sites is 1. The van der Waals surface area contributed by atoms with Crippen LogP contribution in [0.25, 0.3) is 0 Å². The fourth-order valence-corrected chi connectivity index (χ4v) is 4.26. The monoisotopic (exact) mass is 420 g/mol. The lowest BCUT2D eigenvalue weighted by atomic mass is 10.2. The number of carbonyl (C=O) groups is 1. The van der Waals surface area contributed by atoms with Gasteiger partial charge >= 0.3 is 6.03 Å². The topological polar surface area (TPSA) is 112 Å². The Hall–Kier alpha value is -2.64. The van der Waals surface area contributed by atoms with E-state index in [0.717, 1.165) is 0 Å². The summed E-state index contributed by atoms with van der Waals surface area (Å²) >= 11 is 6.11. The second-order valence-electron chi connectivity index (χ2n) is 5.89. The van der Waals surface area contributed by atoms with Crippen LogP contribution in [0, 0.1) is 11.3 Å². The van der Waals surface area contributed by atoms with Gasteiger partial charge in [-0.15, -0.1) is 0 Å². The predicted molar refractivity (Wildman–Crippen MR) is 105 cm³/mol. The van der Waals surface area contributed by atoms with E-state index >= 15 is 0 Å². The quantitative estimate of drug-likeness (QED) is 0.789. The van der Waals surface area contributed by atoms with Gasteiger partial charge < -0.3 is 15.4 Å². The lowest BCUT2D eigenvalue weighted by Crippen LogP contribution is -2.40. The van der Waals surface area contributed by atoms with Gasteiger partial charge in [0.25, 0.3) is 0 Å². The Morgan fingerprint density at radius 2 is 1.79 bits per heavy atom. The number of anilines is 2. The van der Waals surface area contributed by atoms with E-state index in [-0.39, 0.29) is 28.7 Å². The van der Waals surface area contributed by atoms with Crippen molar-refractivity contribution in [3.05, 3.63) is 53.1 Å². The van der Waals surface area contributed by atoms with Gasteiger partial charge in [0.2, 0.25) is 10.0 Å². The fraction of sp³-hybridized carbons (Fsp3) is 0.222. The summed E-state index contributed by atoms with van der Waals surface area (Å²) in [4.78, 5) is 12.3. The van der Waals surface area contributed by atoms with Crippen LogP contribution in [-0.2, 0) is 14.8 Å². The Morgan fingerprint density at radius 1 is 1.11 bits per heavy atom. The van der Waals surface area contributed by atoms with E-state index in [4.69, 9.17) is 21.6 Å². The number of hydrogen-bond donors (Lipinski definition) is 2. The molecular weight excluding hydrogens is 404 g/mol. The first-order chi connectivity index (χ1) is 13.4. The number of urea groups is 1. The minimum absolute atomic E-state index is 0.0199. The van der Waals surface area contributed by atoms with Crippen molar-refractivity contribution in [1.29, 1.82) is 5.26 Å². The van der Waals surface area contributed by atoms with E-state index in [9.17, 15) is 13.2 Å². The van der Waals surface area contributed by atoms with Gasteiger partial charge in [-0.25, -0.2) is 13.2 Å². The Bertz CT molecular complexity index is 1030. The molecule has 0 spiro atoms. The standard InChI is InChI=1S/C18H17ClN4O4S/c19-15-6-5-14(28(25,26)23-7-9-27-10-8-23)11-17(15)22-18(24)21-16-4-2-1-3-13(16)12-20/h1-6,11H,7-10H2,(H2,21,22,24). The molecule has 0 atom stereocenters. The minimum atomic E-state index is -3.73. The average molecular weight is 421 g/mol. The number of ether oxygens (including phenoxy) is 1. The molecule has 0 unspecified atom stereocenters. The van der Waals surface area contributed by atoms with Gasteiger partial charge in [-0.05, 0) is 30.3 Å². The highest BCUT2D eigenvalue weighted by Crippen LogP contribution is 2.27. The molecule has 0 radical (unpaired) electrons. The molecule has 0 bridgehead atoms. The van der Waals surface area contributed by atoms with Crippen molar-refractivity contribution in [3.63, 3.8) is 0 Å². The molecule has 0 aliphatic carbocycles. The number of nitriles is 1. The molecule has 2 aromatic carbocycles. The van der Waals surface area contributed by atoms with Gasteiger partial charge in [-0.3, -0.25) is 0 Å². The SMILES string of the molecule is N#Cc1ccccc1NC(=O)Nc1cc(S(=O)(=O)N2CCOCC2)ccc1Cl. The van der Waals surface area contributed by atoms with Crippen molar-refractivity contribution >= 4 is 39.0 Å². The second kappa shape index (κ2) is 8.58. The Morgan fingerprint density at radius 3 is 2.50 bits per heavy atom. The molecule has 1 aliphatic heterocycles. The van der Waals surface area contributed by atoms with Crippen LogP contribution in [0.3, 0.4) is 0 Å². The number of sulfonamides is 1. The normalized spacial score (nSPS) is 14.9. The van der Waals surface area contributed by atoms with E-state index in [0.29, 0.717) is 24.5 Å². The van der Waals surface area contributed by atoms with Crippen LogP contribution in [0.1, 0.15) is 5.56 Å². The number of amides is 2. The number of rotatable bonds is 4. The summed E-state index contributed by atoms with van der Waals surface area (Å²) in [5, 5.41) is 14.4. The molecule has 1 saturated heterocycles. The van der Waals surface area contributed by atoms with Crippen molar-refractivity contribution in [2.45, 2.75) is 4.90 Å². The zero-order valence-corrected chi connectivity index (χ0v) is 16.3. The summed E-state index contributed by atoms with van der Waals surface area (Å²) in [6.45, 7) is 1.19. The molecule has 2 amide bonds. The highest BCUT2D eigenvalue weighted by Gasteiger charge is 2.27. The molecule has 1 heterocycles. The third-order valence-corrected chi connectivity index (χ3v) is 6.31. The fourth-order valence-electron chi connectivity index (χ4n) is 2.66. The maximum atomic E-state index is 12.8. The second-order valence-corrected chi connectivity index (χ2v) is 8.24. The highest BCUT2D eigenvalue weighted by molar-refractivity contribution is 7.89. The summed E-state index contributed by atoms with van der Waals surface area (Å²) in [5.41, 5.74) is 0.769. The molecule has 0 saturated carbocycles. The van der Waals surface area contributed by atoms with Gasteiger partial charge in [-0.1, -0.05) is 23.7 Å². The average Bonchev–Trinajstić information content (AvgIpc) is 2.70. The molecule has 2 N–H and O–H groups in total. The first-order valence-corrected chi connectivity index (χ1v) is 10.2. The number of morpholine rings is 1. The number of hydrogen-bond acceptors (Lipinski definition) is 5.